The molecule has 1 aliphatic rings. The number of rotatable bonds is 3. The van der Waals surface area contributed by atoms with Gasteiger partial charge in [0.1, 0.15) is 5.82 Å². The Bertz CT molecular complexity index is 614. The van der Waals surface area contributed by atoms with E-state index in [1.165, 1.54) is 11.1 Å². The van der Waals surface area contributed by atoms with Gasteiger partial charge in [0.05, 0.1) is 5.56 Å². The molecule has 0 unspecified atom stereocenters. The number of nitrogens with one attached hydrogen (secondary N) is 1. The van der Waals surface area contributed by atoms with Gasteiger partial charge in [0.2, 0.25) is 0 Å². The number of nitrogens with zero attached hydrogens (tertiary/aromatic N) is 2. The van der Waals surface area contributed by atoms with Crippen LogP contribution in [0.1, 0.15) is 28.4 Å². The topological polar surface area (TPSA) is 45.2 Å². The zero-order valence-corrected chi connectivity index (χ0v) is 11.5. The molecule has 0 fully saturated rings. The second-order valence-corrected chi connectivity index (χ2v) is 4.86. The predicted octanol–water partition coefficient (Wildman–Crippen LogP) is 2.67. The van der Waals surface area contributed by atoms with Gasteiger partial charge in [-0.1, -0.05) is 24.3 Å². The molecule has 0 radical (unpaired) electrons. The zero-order chi connectivity index (χ0) is 13.9. The van der Waals surface area contributed by atoms with Gasteiger partial charge in [-0.05, 0) is 30.2 Å². The average Bonchev–Trinajstić information content (AvgIpc) is 2.91. The number of hydrogen-bond donors (Lipinski definition) is 1. The SMILES string of the molecule is CCNc1ncccc1C(=O)N1Cc2ccccc2C1. The summed E-state index contributed by atoms with van der Waals surface area (Å²) in [6, 6.07) is 11.8. The minimum atomic E-state index is 0.0326. The number of fused-ring (bicyclic) bond motifs is 1. The Labute approximate surface area is 118 Å². The van der Waals surface area contributed by atoms with Crippen molar-refractivity contribution in [2.45, 2.75) is 20.0 Å². The molecule has 0 bridgehead atoms. The highest BCUT2D eigenvalue weighted by Crippen LogP contribution is 2.25. The van der Waals surface area contributed by atoms with Crippen molar-refractivity contribution in [2.24, 2.45) is 0 Å². The smallest absolute Gasteiger partial charge is 0.258 e. The lowest BCUT2D eigenvalue weighted by atomic mass is 10.1. The number of anilines is 1. The highest BCUT2D eigenvalue weighted by atomic mass is 16.2. The normalized spacial score (nSPS) is 13.2. The van der Waals surface area contributed by atoms with Gasteiger partial charge in [0.15, 0.2) is 0 Å². The summed E-state index contributed by atoms with van der Waals surface area (Å²) in [5.74, 6) is 0.696. The van der Waals surface area contributed by atoms with Crippen molar-refractivity contribution in [3.8, 4) is 0 Å². The van der Waals surface area contributed by atoms with E-state index < -0.39 is 0 Å². The standard InChI is InChI=1S/C16H17N3O/c1-2-17-15-14(8-5-9-18-15)16(20)19-10-12-6-3-4-7-13(12)11-19/h3-9H,2,10-11H2,1H3,(H,17,18). The third-order valence-electron chi connectivity index (χ3n) is 3.51. The quantitative estimate of drug-likeness (QED) is 0.930. The molecule has 0 spiro atoms. The second kappa shape index (κ2) is 5.33. The molecule has 20 heavy (non-hydrogen) atoms. The molecule has 2 aromatic rings. The number of aromatic nitrogens is 1. The number of benzene rings is 1. The third-order valence-corrected chi connectivity index (χ3v) is 3.51. The van der Waals surface area contributed by atoms with Crippen LogP contribution in [0.25, 0.3) is 0 Å². The maximum absolute atomic E-state index is 12.7. The minimum Gasteiger partial charge on any atom is -0.370 e. The minimum absolute atomic E-state index is 0.0326. The summed E-state index contributed by atoms with van der Waals surface area (Å²) in [6.07, 6.45) is 1.70. The Morgan fingerprint density at radius 1 is 1.20 bits per heavy atom. The Morgan fingerprint density at radius 2 is 1.90 bits per heavy atom. The van der Waals surface area contributed by atoms with Crippen LogP contribution in [0.2, 0.25) is 0 Å². The third kappa shape index (κ3) is 2.25. The molecular weight excluding hydrogens is 250 g/mol. The Balaban J connectivity index is 1.85. The first kappa shape index (κ1) is 12.7. The summed E-state index contributed by atoms with van der Waals surface area (Å²) < 4.78 is 0. The highest BCUT2D eigenvalue weighted by Gasteiger charge is 2.25. The van der Waals surface area contributed by atoms with Crippen LogP contribution in [0.3, 0.4) is 0 Å². The van der Waals surface area contributed by atoms with Crippen molar-refractivity contribution in [3.05, 3.63) is 59.3 Å². The van der Waals surface area contributed by atoms with E-state index in [4.69, 9.17) is 0 Å². The van der Waals surface area contributed by atoms with Gasteiger partial charge >= 0.3 is 0 Å². The average molecular weight is 267 g/mol. The molecule has 1 aromatic heterocycles. The second-order valence-electron chi connectivity index (χ2n) is 4.86. The molecule has 0 aliphatic carbocycles. The monoisotopic (exact) mass is 267 g/mol. The summed E-state index contributed by atoms with van der Waals surface area (Å²) in [5.41, 5.74) is 3.10. The number of pyridine rings is 1. The first-order valence-corrected chi connectivity index (χ1v) is 6.84. The number of amides is 1. The fraction of sp³-hybridized carbons (Fsp3) is 0.250. The van der Waals surface area contributed by atoms with E-state index in [9.17, 15) is 4.79 Å². The fourth-order valence-electron chi connectivity index (χ4n) is 2.53. The van der Waals surface area contributed by atoms with Crippen LogP contribution in [0, 0.1) is 0 Å². The molecular formula is C16H17N3O. The maximum atomic E-state index is 12.7. The molecule has 4 heteroatoms. The number of carbonyl (C=O) groups is 1. The van der Waals surface area contributed by atoms with E-state index in [1.807, 2.05) is 30.0 Å². The molecule has 1 N–H and O–H groups in total. The first-order chi connectivity index (χ1) is 9.79. The van der Waals surface area contributed by atoms with Crippen molar-refractivity contribution >= 4 is 11.7 Å². The Morgan fingerprint density at radius 3 is 2.55 bits per heavy atom. The summed E-state index contributed by atoms with van der Waals surface area (Å²) >= 11 is 0. The van der Waals surface area contributed by atoms with Gasteiger partial charge in [-0.25, -0.2) is 4.98 Å². The lowest BCUT2D eigenvalue weighted by Crippen LogP contribution is -2.26. The summed E-state index contributed by atoms with van der Waals surface area (Å²) in [6.45, 7) is 4.09. The van der Waals surface area contributed by atoms with Crippen LogP contribution < -0.4 is 5.32 Å². The van der Waals surface area contributed by atoms with Gasteiger partial charge in [0, 0.05) is 25.8 Å². The fourth-order valence-corrected chi connectivity index (χ4v) is 2.53. The van der Waals surface area contributed by atoms with Crippen LogP contribution in [0.15, 0.2) is 42.6 Å². The van der Waals surface area contributed by atoms with E-state index in [2.05, 4.69) is 22.4 Å². The molecule has 102 valence electrons. The van der Waals surface area contributed by atoms with Gasteiger partial charge in [-0.2, -0.15) is 0 Å². The highest BCUT2D eigenvalue weighted by molar-refractivity contribution is 5.98. The van der Waals surface area contributed by atoms with Crippen LogP contribution in [-0.2, 0) is 13.1 Å². The first-order valence-electron chi connectivity index (χ1n) is 6.84. The van der Waals surface area contributed by atoms with Crippen LogP contribution in [0.5, 0.6) is 0 Å². The van der Waals surface area contributed by atoms with E-state index in [1.54, 1.807) is 12.3 Å². The summed E-state index contributed by atoms with van der Waals surface area (Å²) in [5, 5.41) is 3.14. The Kier molecular flexibility index (Phi) is 3.37. The molecule has 1 aliphatic heterocycles. The van der Waals surface area contributed by atoms with E-state index in [-0.39, 0.29) is 5.91 Å². The van der Waals surface area contributed by atoms with Crippen LogP contribution in [0.4, 0.5) is 5.82 Å². The van der Waals surface area contributed by atoms with E-state index >= 15 is 0 Å². The van der Waals surface area contributed by atoms with Gasteiger partial charge in [0.25, 0.3) is 5.91 Å². The lowest BCUT2D eigenvalue weighted by molar-refractivity contribution is 0.0752. The van der Waals surface area contributed by atoms with Gasteiger partial charge in [-0.3, -0.25) is 4.79 Å². The van der Waals surface area contributed by atoms with E-state index in [0.717, 1.165) is 6.54 Å². The van der Waals surface area contributed by atoms with Gasteiger partial charge < -0.3 is 10.2 Å². The van der Waals surface area contributed by atoms with Crippen molar-refractivity contribution in [1.82, 2.24) is 9.88 Å². The van der Waals surface area contributed by atoms with Crippen LogP contribution >= 0.6 is 0 Å². The molecule has 2 heterocycles. The van der Waals surface area contributed by atoms with Gasteiger partial charge in [-0.15, -0.1) is 0 Å². The number of hydrogen-bond acceptors (Lipinski definition) is 3. The predicted molar refractivity (Wildman–Crippen MR) is 78.4 cm³/mol. The zero-order valence-electron chi connectivity index (χ0n) is 11.5. The van der Waals surface area contributed by atoms with E-state index in [0.29, 0.717) is 24.5 Å². The lowest BCUT2D eigenvalue weighted by Gasteiger charge is -2.17. The van der Waals surface area contributed by atoms with Crippen molar-refractivity contribution in [1.29, 1.82) is 0 Å². The maximum Gasteiger partial charge on any atom is 0.258 e. The summed E-state index contributed by atoms with van der Waals surface area (Å²) in [7, 11) is 0. The molecule has 4 nitrogen and oxygen atoms in total. The number of carbonyl (C=O) groups excluding carboxylic acids is 1. The molecule has 1 aromatic carbocycles. The summed E-state index contributed by atoms with van der Waals surface area (Å²) in [4.78, 5) is 18.8. The van der Waals surface area contributed by atoms with Crippen LogP contribution in [-0.4, -0.2) is 22.3 Å². The molecule has 0 saturated carbocycles. The molecule has 0 atom stereocenters. The van der Waals surface area contributed by atoms with Crippen molar-refractivity contribution in [2.75, 3.05) is 11.9 Å². The molecule has 3 rings (SSSR count). The molecule has 0 saturated heterocycles. The Hall–Kier alpha value is -2.36. The molecule has 1 amide bonds. The largest absolute Gasteiger partial charge is 0.370 e. The van der Waals surface area contributed by atoms with Crippen molar-refractivity contribution < 1.29 is 4.79 Å². The van der Waals surface area contributed by atoms with Crippen molar-refractivity contribution in [3.63, 3.8) is 0 Å².